The summed E-state index contributed by atoms with van der Waals surface area (Å²) in [5.41, 5.74) is 0.673. The molecule has 2 aromatic carbocycles. The number of benzene rings is 2. The molecule has 2 unspecified atom stereocenters. The molecule has 3 aromatic rings. The molecule has 1 amide bonds. The number of halogens is 3. The average Bonchev–Trinajstić information content (AvgIpc) is 3.47. The minimum absolute atomic E-state index is 0.0512. The molecule has 1 fully saturated rings. The van der Waals surface area contributed by atoms with Crippen molar-refractivity contribution in [3.63, 3.8) is 0 Å². The monoisotopic (exact) mass is 524 g/mol. The number of rotatable bonds is 8. The van der Waals surface area contributed by atoms with Crippen LogP contribution < -0.4 is 10.1 Å². The summed E-state index contributed by atoms with van der Waals surface area (Å²) in [5, 5.41) is 13.0. The van der Waals surface area contributed by atoms with Gasteiger partial charge in [-0.2, -0.15) is 13.2 Å². The van der Waals surface area contributed by atoms with E-state index in [0.717, 1.165) is 29.5 Å². The second kappa shape index (κ2) is 10.7. The number of aromatic nitrogens is 1. The Balaban J connectivity index is 1.46. The van der Waals surface area contributed by atoms with Gasteiger partial charge in [-0.25, -0.2) is 9.78 Å². The van der Waals surface area contributed by atoms with Crippen LogP contribution in [-0.2, 0) is 22.1 Å². The van der Waals surface area contributed by atoms with E-state index in [9.17, 15) is 27.9 Å². The molecular formula is C23H19F3N2O5S2. The van der Waals surface area contributed by atoms with E-state index in [2.05, 4.69) is 10.3 Å². The molecular weight excluding hydrogens is 505 g/mol. The highest BCUT2D eigenvalue weighted by Gasteiger charge is 2.32. The highest BCUT2D eigenvalue weighted by Crippen LogP contribution is 2.32. The van der Waals surface area contributed by atoms with E-state index in [0.29, 0.717) is 12.2 Å². The highest BCUT2D eigenvalue weighted by molar-refractivity contribution is 8.01. The Morgan fingerprint density at radius 1 is 1.20 bits per heavy atom. The Bertz CT molecular complexity index is 1170. The number of alkyl halides is 3. The Hall–Kier alpha value is -3.09. The van der Waals surface area contributed by atoms with Gasteiger partial charge in [0.2, 0.25) is 5.91 Å². The van der Waals surface area contributed by atoms with Crippen molar-refractivity contribution in [2.24, 2.45) is 0 Å². The molecule has 0 spiro atoms. The number of carbonyl (C=O) groups excluding carboxylic acids is 2. The van der Waals surface area contributed by atoms with E-state index in [4.69, 9.17) is 9.47 Å². The van der Waals surface area contributed by atoms with Gasteiger partial charge >= 0.3 is 12.1 Å². The lowest BCUT2D eigenvalue weighted by molar-refractivity contribution is -0.137. The molecule has 1 aliphatic rings. The van der Waals surface area contributed by atoms with Gasteiger partial charge in [0.05, 0.1) is 16.3 Å². The van der Waals surface area contributed by atoms with Gasteiger partial charge in [0.15, 0.2) is 17.4 Å². The van der Waals surface area contributed by atoms with Gasteiger partial charge in [0, 0.05) is 5.38 Å². The van der Waals surface area contributed by atoms with E-state index in [-0.39, 0.29) is 23.8 Å². The van der Waals surface area contributed by atoms with Crippen molar-refractivity contribution >= 4 is 35.0 Å². The van der Waals surface area contributed by atoms with Gasteiger partial charge in [-0.3, -0.25) is 4.79 Å². The minimum Gasteiger partial charge on any atom is -0.489 e. The number of hydrogen-bond donors (Lipinski definition) is 2. The number of nitrogens with one attached hydrogen (secondary N) is 1. The highest BCUT2D eigenvalue weighted by atomic mass is 32.2. The zero-order chi connectivity index (χ0) is 25.0. The molecule has 7 nitrogen and oxygen atoms in total. The van der Waals surface area contributed by atoms with Crippen LogP contribution in [0.1, 0.15) is 33.3 Å². The summed E-state index contributed by atoms with van der Waals surface area (Å²) in [4.78, 5) is 28.1. The second-order valence-electron chi connectivity index (χ2n) is 7.54. The van der Waals surface area contributed by atoms with E-state index in [1.165, 1.54) is 34.4 Å². The zero-order valence-electron chi connectivity index (χ0n) is 17.9. The smallest absolute Gasteiger partial charge is 0.416 e. The normalized spacial score (nSPS) is 18.7. The maximum atomic E-state index is 13.2. The minimum atomic E-state index is -4.55. The van der Waals surface area contributed by atoms with Crippen LogP contribution in [-0.4, -0.2) is 39.4 Å². The maximum Gasteiger partial charge on any atom is 0.416 e. The first-order valence-corrected chi connectivity index (χ1v) is 12.2. The van der Waals surface area contributed by atoms with Crippen molar-refractivity contribution in [2.45, 2.75) is 29.5 Å². The molecule has 1 saturated heterocycles. The molecule has 4 rings (SSSR count). The molecule has 0 bridgehead atoms. The molecule has 0 radical (unpaired) electrons. The van der Waals surface area contributed by atoms with Crippen LogP contribution in [0, 0.1) is 0 Å². The third kappa shape index (κ3) is 6.53. The van der Waals surface area contributed by atoms with Crippen LogP contribution in [0.15, 0.2) is 59.4 Å². The largest absolute Gasteiger partial charge is 0.489 e. The lowest BCUT2D eigenvalue weighted by Crippen LogP contribution is -2.27. The Kier molecular flexibility index (Phi) is 7.63. The summed E-state index contributed by atoms with van der Waals surface area (Å²) < 4.78 is 50.8. The molecule has 3 atom stereocenters. The van der Waals surface area contributed by atoms with Crippen LogP contribution in [0.4, 0.5) is 13.2 Å². The third-order valence-electron chi connectivity index (χ3n) is 5.07. The number of amides is 1. The number of carbonyl (C=O) groups is 2. The summed E-state index contributed by atoms with van der Waals surface area (Å²) in [7, 11) is 0. The number of thiazole rings is 1. The van der Waals surface area contributed by atoms with E-state index < -0.39 is 34.6 Å². The number of nitrogens with zero attached hydrogens (tertiary/aromatic N) is 1. The van der Waals surface area contributed by atoms with E-state index >= 15 is 0 Å². The SMILES string of the molecule is O=C(O[C@@H](COc1ccc(CC2SC(O)NC2=O)cc1)c1cccc(C(F)(F)F)c1)c1cscn1. The molecule has 0 saturated carbocycles. The predicted octanol–water partition coefficient (Wildman–Crippen LogP) is 4.19. The molecule has 35 heavy (non-hydrogen) atoms. The van der Waals surface area contributed by atoms with E-state index in [1.54, 1.807) is 24.3 Å². The average molecular weight is 525 g/mol. The lowest BCUT2D eigenvalue weighted by Gasteiger charge is -2.20. The molecule has 2 N–H and O–H groups in total. The maximum absolute atomic E-state index is 13.2. The fraction of sp³-hybridized carbons (Fsp3) is 0.261. The molecule has 2 heterocycles. The summed E-state index contributed by atoms with van der Waals surface area (Å²) in [6, 6.07) is 11.3. The first kappa shape index (κ1) is 25.0. The van der Waals surface area contributed by atoms with Crippen LogP contribution in [0.3, 0.4) is 0 Å². The van der Waals surface area contributed by atoms with Gasteiger partial charge in [0.25, 0.3) is 0 Å². The van der Waals surface area contributed by atoms with Crippen molar-refractivity contribution in [2.75, 3.05) is 6.61 Å². The quantitative estimate of drug-likeness (QED) is 0.427. The van der Waals surface area contributed by atoms with Gasteiger partial charge in [0.1, 0.15) is 12.4 Å². The van der Waals surface area contributed by atoms with Crippen molar-refractivity contribution in [1.29, 1.82) is 0 Å². The zero-order valence-corrected chi connectivity index (χ0v) is 19.5. The Morgan fingerprint density at radius 3 is 2.60 bits per heavy atom. The van der Waals surface area contributed by atoms with Crippen molar-refractivity contribution in [1.82, 2.24) is 10.3 Å². The Morgan fingerprint density at radius 2 is 1.97 bits per heavy atom. The number of aliphatic hydroxyl groups is 1. The van der Waals surface area contributed by atoms with Crippen molar-refractivity contribution < 1.29 is 37.3 Å². The third-order valence-corrected chi connectivity index (χ3v) is 6.75. The van der Waals surface area contributed by atoms with E-state index in [1.807, 2.05) is 0 Å². The van der Waals surface area contributed by atoms with Gasteiger partial charge < -0.3 is 19.9 Å². The number of esters is 1. The number of thioether (sulfide) groups is 1. The van der Waals surface area contributed by atoms with Crippen molar-refractivity contribution in [3.05, 3.63) is 81.8 Å². The van der Waals surface area contributed by atoms with Gasteiger partial charge in [-0.15, -0.1) is 11.3 Å². The first-order valence-electron chi connectivity index (χ1n) is 10.3. The Labute approximate surface area is 206 Å². The summed E-state index contributed by atoms with van der Waals surface area (Å²) >= 11 is 2.31. The molecule has 12 heteroatoms. The lowest BCUT2D eigenvalue weighted by atomic mass is 10.1. The fourth-order valence-corrected chi connectivity index (χ4v) is 4.83. The number of hydrogen-bond acceptors (Lipinski definition) is 8. The predicted molar refractivity (Wildman–Crippen MR) is 123 cm³/mol. The second-order valence-corrected chi connectivity index (χ2v) is 9.54. The first-order chi connectivity index (χ1) is 16.7. The molecule has 1 aromatic heterocycles. The number of ether oxygens (including phenoxy) is 2. The summed E-state index contributed by atoms with van der Waals surface area (Å²) in [6.07, 6.45) is -5.27. The van der Waals surface area contributed by atoms with Crippen LogP contribution in [0.5, 0.6) is 5.75 Å². The fourth-order valence-electron chi connectivity index (χ4n) is 3.33. The number of aliphatic hydroxyl groups excluding tert-OH is 1. The van der Waals surface area contributed by atoms with Crippen LogP contribution in [0.25, 0.3) is 0 Å². The topological polar surface area (TPSA) is 97.8 Å². The van der Waals surface area contributed by atoms with Crippen LogP contribution in [0.2, 0.25) is 0 Å². The molecule has 1 aliphatic heterocycles. The van der Waals surface area contributed by atoms with Gasteiger partial charge in [-0.1, -0.05) is 36.0 Å². The summed E-state index contributed by atoms with van der Waals surface area (Å²) in [6.45, 7) is -0.233. The standard InChI is InChI=1S/C23H19F3N2O5S2/c24-23(25,26)15-3-1-2-14(9-15)18(33-21(30)17-11-34-12-27-17)10-32-16-6-4-13(5-7-16)8-19-20(29)28-22(31)35-19/h1-7,9,11-12,18-19,22,31H,8,10H2,(H,28,29)/t18-,19?,22?/m0/s1. The van der Waals surface area contributed by atoms with Gasteiger partial charge in [-0.05, 0) is 41.8 Å². The molecule has 0 aliphatic carbocycles. The van der Waals surface area contributed by atoms with Crippen LogP contribution >= 0.6 is 23.1 Å². The molecule has 184 valence electrons. The summed E-state index contributed by atoms with van der Waals surface area (Å²) in [5.74, 6) is -0.616. The van der Waals surface area contributed by atoms with Crippen molar-refractivity contribution in [3.8, 4) is 5.75 Å².